The number of aromatic nitrogens is 2. The summed E-state index contributed by atoms with van der Waals surface area (Å²) in [6, 6.07) is 3.64. The fraction of sp³-hybridized carbons (Fsp3) is 0.286. The molecule has 0 saturated heterocycles. The van der Waals surface area contributed by atoms with Crippen LogP contribution in [0.4, 0.5) is 0 Å². The molecule has 11 heavy (non-hydrogen) atoms. The van der Waals surface area contributed by atoms with E-state index >= 15 is 0 Å². The molecule has 4 heteroatoms. The Morgan fingerprint density at radius 3 is 2.82 bits per heavy atom. The first kappa shape index (κ1) is 7.30. The third-order valence-corrected chi connectivity index (χ3v) is 1.31. The third kappa shape index (κ3) is 1.36. The van der Waals surface area contributed by atoms with Gasteiger partial charge >= 0.3 is 0 Å². The van der Waals surface area contributed by atoms with E-state index in [2.05, 4.69) is 5.10 Å². The maximum Gasteiger partial charge on any atom is 0.135 e. The van der Waals surface area contributed by atoms with Crippen molar-refractivity contribution >= 4 is 0 Å². The van der Waals surface area contributed by atoms with Crippen molar-refractivity contribution in [2.75, 3.05) is 0 Å². The fourth-order valence-electron chi connectivity index (χ4n) is 0.667. The van der Waals surface area contributed by atoms with Gasteiger partial charge in [0, 0.05) is 6.20 Å². The van der Waals surface area contributed by atoms with Crippen molar-refractivity contribution < 1.29 is 0 Å². The monoisotopic (exact) mass is 146 g/mol. The standard InChI is InChI=1S/C7H6N4/c1-6(2-8)11-5-7(3-9)4-10-11/h4-6H,1H3. The molecule has 54 valence electrons. The molecule has 1 aromatic heterocycles. The first-order valence-corrected chi connectivity index (χ1v) is 3.12. The lowest BCUT2D eigenvalue weighted by Crippen LogP contribution is -2.01. The molecule has 1 rings (SSSR count). The van der Waals surface area contributed by atoms with Gasteiger partial charge in [-0.25, -0.2) is 0 Å². The van der Waals surface area contributed by atoms with Gasteiger partial charge in [-0.3, -0.25) is 4.68 Å². The van der Waals surface area contributed by atoms with Crippen LogP contribution in [-0.2, 0) is 0 Å². The summed E-state index contributed by atoms with van der Waals surface area (Å²) < 4.78 is 1.46. The molecule has 0 aromatic carbocycles. The second-order valence-corrected chi connectivity index (χ2v) is 2.13. The molecule has 0 aliphatic heterocycles. The van der Waals surface area contributed by atoms with Gasteiger partial charge in [-0.15, -0.1) is 0 Å². The first-order chi connectivity index (χ1) is 5.27. The van der Waals surface area contributed by atoms with E-state index in [1.807, 2.05) is 12.1 Å². The van der Waals surface area contributed by atoms with E-state index in [0.29, 0.717) is 5.56 Å². The largest absolute Gasteiger partial charge is 0.254 e. The lowest BCUT2D eigenvalue weighted by Gasteiger charge is -1.98. The van der Waals surface area contributed by atoms with E-state index in [1.54, 1.807) is 13.1 Å². The molecular weight excluding hydrogens is 140 g/mol. The zero-order valence-corrected chi connectivity index (χ0v) is 6.02. The zero-order valence-electron chi connectivity index (χ0n) is 6.02. The fourth-order valence-corrected chi connectivity index (χ4v) is 0.667. The van der Waals surface area contributed by atoms with Crippen LogP contribution in [0.2, 0.25) is 0 Å². The Balaban J connectivity index is 2.93. The van der Waals surface area contributed by atoms with Crippen molar-refractivity contribution in [2.45, 2.75) is 13.0 Å². The molecule has 0 fully saturated rings. The summed E-state index contributed by atoms with van der Waals surface area (Å²) in [7, 11) is 0. The Kier molecular flexibility index (Phi) is 1.89. The highest BCUT2D eigenvalue weighted by molar-refractivity contribution is 5.22. The highest BCUT2D eigenvalue weighted by atomic mass is 15.3. The molecule has 1 heterocycles. The molecule has 0 aliphatic carbocycles. The quantitative estimate of drug-likeness (QED) is 0.589. The van der Waals surface area contributed by atoms with Crippen LogP contribution in [-0.4, -0.2) is 9.78 Å². The van der Waals surface area contributed by atoms with Crippen molar-refractivity contribution in [1.82, 2.24) is 9.78 Å². The Bertz CT molecular complexity index is 325. The minimum Gasteiger partial charge on any atom is -0.254 e. The van der Waals surface area contributed by atoms with E-state index in [1.165, 1.54) is 10.9 Å². The average molecular weight is 146 g/mol. The van der Waals surface area contributed by atoms with Crippen LogP contribution in [0, 0.1) is 22.7 Å². The minimum atomic E-state index is -0.308. The number of nitriles is 2. The van der Waals surface area contributed by atoms with Gasteiger partial charge in [0.15, 0.2) is 0 Å². The summed E-state index contributed by atoms with van der Waals surface area (Å²) >= 11 is 0. The number of rotatable bonds is 1. The summed E-state index contributed by atoms with van der Waals surface area (Å²) in [5.41, 5.74) is 0.479. The van der Waals surface area contributed by atoms with Gasteiger partial charge in [0.05, 0.1) is 17.8 Å². The molecule has 0 aliphatic rings. The Hall–Kier alpha value is -1.81. The molecule has 4 nitrogen and oxygen atoms in total. The van der Waals surface area contributed by atoms with Crippen LogP contribution >= 0.6 is 0 Å². The van der Waals surface area contributed by atoms with Crippen LogP contribution in [0.15, 0.2) is 12.4 Å². The van der Waals surface area contributed by atoms with Crippen LogP contribution in [0.1, 0.15) is 18.5 Å². The Morgan fingerprint density at radius 1 is 1.64 bits per heavy atom. The molecule has 0 radical (unpaired) electrons. The van der Waals surface area contributed by atoms with Gasteiger partial charge in [-0.1, -0.05) is 0 Å². The molecule has 1 aromatic rings. The second kappa shape index (κ2) is 2.85. The van der Waals surface area contributed by atoms with Crippen molar-refractivity contribution in [3.63, 3.8) is 0 Å². The third-order valence-electron chi connectivity index (χ3n) is 1.31. The smallest absolute Gasteiger partial charge is 0.135 e. The van der Waals surface area contributed by atoms with Crippen LogP contribution in [0.25, 0.3) is 0 Å². The molecule has 0 amide bonds. The molecular formula is C7H6N4. The summed E-state index contributed by atoms with van der Waals surface area (Å²) in [4.78, 5) is 0. The molecule has 0 saturated carbocycles. The average Bonchev–Trinajstić information content (AvgIpc) is 2.50. The van der Waals surface area contributed by atoms with Gasteiger partial charge in [-0.05, 0) is 6.92 Å². The van der Waals surface area contributed by atoms with Crippen molar-refractivity contribution in [1.29, 1.82) is 10.5 Å². The molecule has 1 unspecified atom stereocenters. The topological polar surface area (TPSA) is 65.4 Å². The van der Waals surface area contributed by atoms with Gasteiger partial charge in [0.25, 0.3) is 0 Å². The maximum absolute atomic E-state index is 8.48. The maximum atomic E-state index is 8.48. The molecule has 1 atom stereocenters. The molecule has 0 spiro atoms. The van der Waals surface area contributed by atoms with Crippen LogP contribution < -0.4 is 0 Å². The highest BCUT2D eigenvalue weighted by Gasteiger charge is 2.03. The summed E-state index contributed by atoms with van der Waals surface area (Å²) in [5.74, 6) is 0. The van der Waals surface area contributed by atoms with Gasteiger partial charge in [0.1, 0.15) is 12.1 Å². The van der Waals surface area contributed by atoms with E-state index in [9.17, 15) is 0 Å². The number of nitrogens with zero attached hydrogens (tertiary/aromatic N) is 4. The van der Waals surface area contributed by atoms with Gasteiger partial charge in [0.2, 0.25) is 0 Å². The van der Waals surface area contributed by atoms with E-state index < -0.39 is 0 Å². The minimum absolute atomic E-state index is 0.308. The Labute approximate surface area is 64.3 Å². The molecule has 0 bridgehead atoms. The van der Waals surface area contributed by atoms with Crippen LogP contribution in [0.3, 0.4) is 0 Å². The van der Waals surface area contributed by atoms with Crippen LogP contribution in [0.5, 0.6) is 0 Å². The van der Waals surface area contributed by atoms with Gasteiger partial charge < -0.3 is 0 Å². The lowest BCUT2D eigenvalue weighted by molar-refractivity contribution is 0.591. The summed E-state index contributed by atoms with van der Waals surface area (Å²) in [5, 5.41) is 20.7. The predicted molar refractivity (Wildman–Crippen MR) is 37.3 cm³/mol. The number of hydrogen-bond acceptors (Lipinski definition) is 3. The van der Waals surface area contributed by atoms with Crippen molar-refractivity contribution in [3.05, 3.63) is 18.0 Å². The van der Waals surface area contributed by atoms with Gasteiger partial charge in [-0.2, -0.15) is 15.6 Å². The zero-order chi connectivity index (χ0) is 8.27. The van der Waals surface area contributed by atoms with E-state index in [4.69, 9.17) is 10.5 Å². The van der Waals surface area contributed by atoms with E-state index in [-0.39, 0.29) is 6.04 Å². The lowest BCUT2D eigenvalue weighted by atomic mass is 10.4. The summed E-state index contributed by atoms with van der Waals surface area (Å²) in [6.45, 7) is 1.72. The predicted octanol–water partition coefficient (Wildman–Crippen LogP) is 0.839. The Morgan fingerprint density at radius 2 is 2.36 bits per heavy atom. The van der Waals surface area contributed by atoms with Crippen molar-refractivity contribution in [3.8, 4) is 12.1 Å². The number of hydrogen-bond donors (Lipinski definition) is 0. The normalized spacial score (nSPS) is 11.5. The first-order valence-electron chi connectivity index (χ1n) is 3.12. The SMILES string of the molecule is CC(C#N)n1cc(C#N)cn1. The van der Waals surface area contributed by atoms with Crippen molar-refractivity contribution in [2.24, 2.45) is 0 Å². The molecule has 0 N–H and O–H groups in total. The highest BCUT2D eigenvalue weighted by Crippen LogP contribution is 2.03. The second-order valence-electron chi connectivity index (χ2n) is 2.13. The van der Waals surface area contributed by atoms with E-state index in [0.717, 1.165) is 0 Å². The summed E-state index contributed by atoms with van der Waals surface area (Å²) in [6.07, 6.45) is 2.99.